The molecule has 0 saturated heterocycles. The third-order valence-electron chi connectivity index (χ3n) is 3.93. The highest BCUT2D eigenvalue weighted by Crippen LogP contribution is 2.14. The largest absolute Gasteiger partial charge is 0.329 e. The average molecular weight is 352 g/mol. The van der Waals surface area contributed by atoms with E-state index >= 15 is 0 Å². The van der Waals surface area contributed by atoms with Gasteiger partial charge in [-0.25, -0.2) is 4.79 Å². The van der Waals surface area contributed by atoms with E-state index < -0.39 is 11.2 Å². The summed E-state index contributed by atoms with van der Waals surface area (Å²) in [5.41, 5.74) is 7.25. The van der Waals surface area contributed by atoms with Crippen LogP contribution in [0.1, 0.15) is 12.5 Å². The minimum atomic E-state index is -0.502. The van der Waals surface area contributed by atoms with Crippen molar-refractivity contribution >= 4 is 23.2 Å². The van der Waals surface area contributed by atoms with Crippen molar-refractivity contribution in [3.63, 3.8) is 0 Å². The Labute approximate surface area is 149 Å². The fraction of sp³-hybridized carbons (Fsp3) is 0.167. The summed E-state index contributed by atoms with van der Waals surface area (Å²) in [6, 6.07) is 9.84. The van der Waals surface area contributed by atoms with E-state index in [0.717, 1.165) is 5.56 Å². The van der Waals surface area contributed by atoms with Gasteiger partial charge in [0.05, 0.1) is 0 Å². The number of nitrogens with zero attached hydrogens (tertiary/aromatic N) is 3. The first-order chi connectivity index (χ1) is 12.5. The first kappa shape index (κ1) is 17.3. The highest BCUT2D eigenvalue weighted by molar-refractivity contribution is 5.74. The molecule has 2 aromatic heterocycles. The van der Waals surface area contributed by atoms with Crippen molar-refractivity contribution in [2.75, 3.05) is 5.43 Å². The van der Waals surface area contributed by atoms with E-state index in [2.05, 4.69) is 27.4 Å². The van der Waals surface area contributed by atoms with Crippen LogP contribution < -0.4 is 22.1 Å². The standard InChI is InChI=1S/C18H20N6O2/c1-4-24-14-15(23(3)18(26)20-16(14)25)19-17(24)22-21-12(2)10-11-13-8-6-5-7-9-13/h5-11,21H,2,4H2,1,3H3,(H,19,22)(H,20,25,26). The van der Waals surface area contributed by atoms with Gasteiger partial charge in [-0.05, 0) is 18.6 Å². The summed E-state index contributed by atoms with van der Waals surface area (Å²) in [5, 5.41) is 0. The Bertz CT molecular complexity index is 1090. The molecule has 2 heterocycles. The number of fused-ring (bicyclic) bond motifs is 1. The number of hydrogen-bond acceptors (Lipinski definition) is 5. The predicted molar refractivity (Wildman–Crippen MR) is 103 cm³/mol. The van der Waals surface area contributed by atoms with Crippen LogP contribution in [0.4, 0.5) is 5.95 Å². The Morgan fingerprint density at radius 3 is 2.73 bits per heavy atom. The zero-order valence-corrected chi connectivity index (χ0v) is 14.6. The van der Waals surface area contributed by atoms with Crippen LogP contribution in [0.5, 0.6) is 0 Å². The number of aromatic nitrogens is 4. The average Bonchev–Trinajstić information content (AvgIpc) is 3.03. The fourth-order valence-electron chi connectivity index (χ4n) is 2.58. The van der Waals surface area contributed by atoms with Crippen LogP contribution in [0.2, 0.25) is 0 Å². The summed E-state index contributed by atoms with van der Waals surface area (Å²) in [5.74, 6) is 0.420. The molecule has 0 spiro atoms. The smallest absolute Gasteiger partial charge is 0.303 e. The minimum absolute atomic E-state index is 0.315. The molecule has 0 unspecified atom stereocenters. The van der Waals surface area contributed by atoms with Crippen molar-refractivity contribution in [1.82, 2.24) is 24.5 Å². The summed E-state index contributed by atoms with van der Waals surface area (Å²) in [7, 11) is 1.56. The van der Waals surface area contributed by atoms with Crippen molar-refractivity contribution in [2.45, 2.75) is 13.5 Å². The highest BCUT2D eigenvalue weighted by atomic mass is 16.2. The molecule has 1 aromatic carbocycles. The maximum absolute atomic E-state index is 12.1. The molecule has 134 valence electrons. The summed E-state index contributed by atoms with van der Waals surface area (Å²) in [4.78, 5) is 30.5. The molecule has 26 heavy (non-hydrogen) atoms. The monoisotopic (exact) mass is 352 g/mol. The van der Waals surface area contributed by atoms with Crippen LogP contribution in [0.15, 0.2) is 58.3 Å². The number of benzene rings is 1. The molecule has 0 bridgehead atoms. The van der Waals surface area contributed by atoms with E-state index in [9.17, 15) is 9.59 Å². The van der Waals surface area contributed by atoms with E-state index in [-0.39, 0.29) is 0 Å². The van der Waals surface area contributed by atoms with Gasteiger partial charge in [-0.3, -0.25) is 25.2 Å². The maximum Gasteiger partial charge on any atom is 0.329 e. The fourth-order valence-corrected chi connectivity index (χ4v) is 2.58. The van der Waals surface area contributed by atoms with Gasteiger partial charge in [0.25, 0.3) is 5.56 Å². The number of aromatic amines is 1. The summed E-state index contributed by atoms with van der Waals surface area (Å²) in [6.07, 6.45) is 3.75. The van der Waals surface area contributed by atoms with Gasteiger partial charge in [-0.2, -0.15) is 4.98 Å². The van der Waals surface area contributed by atoms with Crippen molar-refractivity contribution in [2.24, 2.45) is 7.05 Å². The lowest BCUT2D eigenvalue weighted by Gasteiger charge is -2.10. The number of aryl methyl sites for hydroxylation is 2. The van der Waals surface area contributed by atoms with Gasteiger partial charge in [0.2, 0.25) is 5.95 Å². The van der Waals surface area contributed by atoms with Gasteiger partial charge >= 0.3 is 5.69 Å². The van der Waals surface area contributed by atoms with Gasteiger partial charge in [-0.1, -0.05) is 43.0 Å². The molecule has 0 fully saturated rings. The number of nitrogens with one attached hydrogen (secondary N) is 3. The normalized spacial score (nSPS) is 11.2. The van der Waals surface area contributed by atoms with Gasteiger partial charge in [0, 0.05) is 19.3 Å². The molecule has 0 aliphatic heterocycles. The topological polar surface area (TPSA) is 96.7 Å². The Morgan fingerprint density at radius 1 is 1.31 bits per heavy atom. The highest BCUT2D eigenvalue weighted by Gasteiger charge is 2.15. The molecule has 0 radical (unpaired) electrons. The van der Waals surface area contributed by atoms with Crippen LogP contribution in [0.3, 0.4) is 0 Å². The van der Waals surface area contributed by atoms with Crippen molar-refractivity contribution in [3.8, 4) is 0 Å². The molecule has 0 atom stereocenters. The lowest BCUT2D eigenvalue weighted by atomic mass is 10.2. The second-order valence-electron chi connectivity index (χ2n) is 5.69. The molecule has 0 aliphatic rings. The molecule has 3 N–H and O–H groups in total. The molecule has 0 amide bonds. The van der Waals surface area contributed by atoms with E-state index in [0.29, 0.717) is 29.4 Å². The molecular weight excluding hydrogens is 332 g/mol. The number of allylic oxidation sites excluding steroid dienone is 1. The van der Waals surface area contributed by atoms with Gasteiger partial charge in [0.15, 0.2) is 11.2 Å². The lowest BCUT2D eigenvalue weighted by Crippen LogP contribution is -2.29. The number of imidazole rings is 1. The van der Waals surface area contributed by atoms with E-state index in [1.54, 1.807) is 11.6 Å². The lowest BCUT2D eigenvalue weighted by molar-refractivity contribution is 0.770. The van der Waals surface area contributed by atoms with Crippen LogP contribution >= 0.6 is 0 Å². The Hall–Kier alpha value is -3.55. The van der Waals surface area contributed by atoms with Crippen molar-refractivity contribution in [3.05, 3.63) is 75.1 Å². The van der Waals surface area contributed by atoms with Crippen LogP contribution in [0, 0.1) is 0 Å². The maximum atomic E-state index is 12.1. The SMILES string of the molecule is C=C(C=Cc1ccccc1)NNc1nc2c(c(=O)[nH]c(=O)n2C)n1CC. The quantitative estimate of drug-likeness (QED) is 0.462. The van der Waals surface area contributed by atoms with Crippen LogP contribution in [-0.2, 0) is 13.6 Å². The summed E-state index contributed by atoms with van der Waals surface area (Å²) < 4.78 is 2.99. The molecule has 8 heteroatoms. The van der Waals surface area contributed by atoms with E-state index in [1.165, 1.54) is 4.57 Å². The predicted octanol–water partition coefficient (Wildman–Crippen LogP) is 1.59. The van der Waals surface area contributed by atoms with Gasteiger partial charge in [-0.15, -0.1) is 0 Å². The second-order valence-corrected chi connectivity index (χ2v) is 5.69. The third kappa shape index (κ3) is 3.30. The molecule has 8 nitrogen and oxygen atoms in total. The first-order valence-electron chi connectivity index (χ1n) is 8.15. The van der Waals surface area contributed by atoms with Crippen LogP contribution in [0.25, 0.3) is 17.2 Å². The van der Waals surface area contributed by atoms with Crippen molar-refractivity contribution < 1.29 is 0 Å². The Morgan fingerprint density at radius 2 is 2.04 bits per heavy atom. The zero-order chi connectivity index (χ0) is 18.7. The van der Waals surface area contributed by atoms with Gasteiger partial charge in [0.1, 0.15) is 0 Å². The van der Waals surface area contributed by atoms with E-state index in [1.807, 2.05) is 49.4 Å². The minimum Gasteiger partial charge on any atom is -0.303 e. The Kier molecular flexibility index (Phi) is 4.74. The van der Waals surface area contributed by atoms with Gasteiger partial charge < -0.3 is 4.57 Å². The van der Waals surface area contributed by atoms with E-state index in [4.69, 9.17) is 0 Å². The Balaban J connectivity index is 1.83. The number of hydrazine groups is 1. The molecular formula is C18H20N6O2. The number of anilines is 1. The molecule has 3 rings (SSSR count). The third-order valence-corrected chi connectivity index (χ3v) is 3.93. The van der Waals surface area contributed by atoms with Crippen LogP contribution in [-0.4, -0.2) is 19.1 Å². The molecule has 0 aliphatic carbocycles. The summed E-state index contributed by atoms with van der Waals surface area (Å²) >= 11 is 0. The number of H-pyrrole nitrogens is 1. The molecule has 3 aromatic rings. The summed E-state index contributed by atoms with van der Waals surface area (Å²) in [6.45, 7) is 6.32. The first-order valence-corrected chi connectivity index (χ1v) is 8.15. The van der Waals surface area contributed by atoms with Crippen molar-refractivity contribution in [1.29, 1.82) is 0 Å². The number of rotatable bonds is 6. The number of hydrogen-bond donors (Lipinski definition) is 3. The zero-order valence-electron chi connectivity index (χ0n) is 14.6. The molecule has 0 saturated carbocycles. The second kappa shape index (κ2) is 7.14.